The Morgan fingerprint density at radius 3 is 2.53 bits per heavy atom. The molecule has 4 heteroatoms. The second-order valence-corrected chi connectivity index (χ2v) is 4.87. The monoisotopic (exact) mass is 257 g/mol. The molecule has 0 spiro atoms. The lowest BCUT2D eigenvalue weighted by atomic mass is 10.0. The van der Waals surface area contributed by atoms with Gasteiger partial charge in [-0.3, -0.25) is 4.57 Å². The Morgan fingerprint density at radius 2 is 1.95 bits per heavy atom. The molecule has 0 aliphatic carbocycles. The molecule has 19 heavy (non-hydrogen) atoms. The third-order valence-corrected chi connectivity index (χ3v) is 3.32. The number of hydrogen-bond acceptors (Lipinski definition) is 3. The maximum atomic E-state index is 11.9. The normalized spacial score (nSPS) is 10.7. The van der Waals surface area contributed by atoms with E-state index in [1.807, 2.05) is 39.0 Å². The number of rotatable bonds is 3. The van der Waals surface area contributed by atoms with Crippen molar-refractivity contribution in [3.8, 4) is 0 Å². The lowest BCUT2D eigenvalue weighted by Crippen LogP contribution is -2.26. The molecule has 0 unspecified atom stereocenters. The zero-order chi connectivity index (χ0) is 14.0. The van der Waals surface area contributed by atoms with Crippen molar-refractivity contribution >= 4 is 0 Å². The van der Waals surface area contributed by atoms with E-state index < -0.39 is 0 Å². The van der Waals surface area contributed by atoms with E-state index in [9.17, 15) is 4.79 Å². The zero-order valence-electron chi connectivity index (χ0n) is 11.6. The summed E-state index contributed by atoms with van der Waals surface area (Å²) in [6.45, 7) is 6.89. The number of aryl methyl sites for hydroxylation is 3. The van der Waals surface area contributed by atoms with Crippen LogP contribution in [0.15, 0.2) is 29.1 Å². The Kier molecular flexibility index (Phi) is 3.81. The Hall–Kier alpha value is -1.94. The van der Waals surface area contributed by atoms with Gasteiger partial charge in [0.05, 0.1) is 6.54 Å². The molecule has 2 rings (SSSR count). The summed E-state index contributed by atoms with van der Waals surface area (Å²) in [6.07, 6.45) is 0. The molecule has 0 saturated carbocycles. The fourth-order valence-electron chi connectivity index (χ4n) is 2.20. The van der Waals surface area contributed by atoms with Crippen LogP contribution in [0.25, 0.3) is 0 Å². The lowest BCUT2D eigenvalue weighted by Gasteiger charge is -2.12. The number of hydrogen-bond donors (Lipinski definition) is 1. The molecule has 1 aromatic carbocycles. The van der Waals surface area contributed by atoms with Crippen molar-refractivity contribution < 1.29 is 0 Å². The highest BCUT2D eigenvalue weighted by Crippen LogP contribution is 2.12. The Morgan fingerprint density at radius 1 is 1.21 bits per heavy atom. The molecule has 0 saturated heterocycles. The van der Waals surface area contributed by atoms with Gasteiger partial charge in [0.1, 0.15) is 0 Å². The first-order valence-electron chi connectivity index (χ1n) is 6.35. The van der Waals surface area contributed by atoms with Gasteiger partial charge in [0.2, 0.25) is 0 Å². The van der Waals surface area contributed by atoms with Crippen LogP contribution in [-0.2, 0) is 13.1 Å². The van der Waals surface area contributed by atoms with Gasteiger partial charge in [-0.15, -0.1) is 0 Å². The average molecular weight is 257 g/mol. The average Bonchev–Trinajstić information content (AvgIpc) is 2.35. The molecule has 0 aliphatic rings. The van der Waals surface area contributed by atoms with Gasteiger partial charge in [0.15, 0.2) is 0 Å². The summed E-state index contributed by atoms with van der Waals surface area (Å²) in [5.41, 5.74) is 10.5. The predicted octanol–water partition coefficient (Wildman–Crippen LogP) is 1.68. The first-order chi connectivity index (χ1) is 9.01. The first-order valence-corrected chi connectivity index (χ1v) is 6.35. The maximum absolute atomic E-state index is 11.9. The molecule has 2 aromatic rings. The molecule has 1 heterocycles. The number of aromatic nitrogens is 2. The summed E-state index contributed by atoms with van der Waals surface area (Å²) in [6, 6.07) is 8.02. The summed E-state index contributed by atoms with van der Waals surface area (Å²) in [4.78, 5) is 15.9. The minimum atomic E-state index is -0.195. The maximum Gasteiger partial charge on any atom is 0.348 e. The van der Waals surface area contributed by atoms with Gasteiger partial charge >= 0.3 is 5.69 Å². The third kappa shape index (κ3) is 2.90. The van der Waals surface area contributed by atoms with Crippen LogP contribution in [-0.4, -0.2) is 9.55 Å². The van der Waals surface area contributed by atoms with E-state index in [0.29, 0.717) is 13.1 Å². The minimum absolute atomic E-state index is 0.195. The van der Waals surface area contributed by atoms with Gasteiger partial charge in [0, 0.05) is 17.9 Å². The largest absolute Gasteiger partial charge is 0.348 e. The zero-order valence-corrected chi connectivity index (χ0v) is 11.6. The van der Waals surface area contributed by atoms with Crippen molar-refractivity contribution in [1.82, 2.24) is 9.55 Å². The second kappa shape index (κ2) is 5.36. The summed E-state index contributed by atoms with van der Waals surface area (Å²) >= 11 is 0. The summed E-state index contributed by atoms with van der Waals surface area (Å²) in [5, 5.41) is 0. The molecule has 100 valence electrons. The van der Waals surface area contributed by atoms with E-state index in [0.717, 1.165) is 28.1 Å². The highest BCUT2D eigenvalue weighted by molar-refractivity contribution is 5.31. The molecule has 0 bridgehead atoms. The Bertz CT molecular complexity index is 659. The number of nitrogens with two attached hydrogens (primary N) is 1. The number of benzene rings is 1. The van der Waals surface area contributed by atoms with E-state index in [1.54, 1.807) is 4.57 Å². The Balaban J connectivity index is 2.39. The van der Waals surface area contributed by atoms with Crippen LogP contribution in [0.2, 0.25) is 0 Å². The van der Waals surface area contributed by atoms with E-state index >= 15 is 0 Å². The molecular formula is C15H19N3O. The van der Waals surface area contributed by atoms with Gasteiger partial charge in [-0.25, -0.2) is 4.79 Å². The van der Waals surface area contributed by atoms with Gasteiger partial charge in [-0.2, -0.15) is 4.98 Å². The summed E-state index contributed by atoms with van der Waals surface area (Å²) in [7, 11) is 0. The second-order valence-electron chi connectivity index (χ2n) is 4.87. The van der Waals surface area contributed by atoms with E-state index in [-0.39, 0.29) is 5.69 Å². The van der Waals surface area contributed by atoms with Crippen LogP contribution < -0.4 is 11.4 Å². The molecule has 0 aliphatic heterocycles. The van der Waals surface area contributed by atoms with Crippen LogP contribution >= 0.6 is 0 Å². The molecule has 0 amide bonds. The standard InChI is InChI=1S/C15H19N3O/c1-10-6-13(8-16)4-5-14(10)9-18-12(3)7-11(2)17-15(18)19/h4-7H,8-9,16H2,1-3H3. The smallest absolute Gasteiger partial charge is 0.326 e. The van der Waals surface area contributed by atoms with Crippen molar-refractivity contribution in [3.63, 3.8) is 0 Å². The van der Waals surface area contributed by atoms with E-state index in [4.69, 9.17) is 5.73 Å². The van der Waals surface area contributed by atoms with Gasteiger partial charge in [0.25, 0.3) is 0 Å². The van der Waals surface area contributed by atoms with Crippen LogP contribution in [0.3, 0.4) is 0 Å². The molecule has 2 N–H and O–H groups in total. The number of nitrogens with zero attached hydrogens (tertiary/aromatic N) is 2. The van der Waals surface area contributed by atoms with Crippen LogP contribution in [0.4, 0.5) is 0 Å². The van der Waals surface area contributed by atoms with Crippen LogP contribution in [0.5, 0.6) is 0 Å². The highest BCUT2D eigenvalue weighted by atomic mass is 16.1. The fourth-order valence-corrected chi connectivity index (χ4v) is 2.20. The quantitative estimate of drug-likeness (QED) is 0.910. The predicted molar refractivity (Wildman–Crippen MR) is 76.1 cm³/mol. The topological polar surface area (TPSA) is 60.9 Å². The first kappa shape index (κ1) is 13.5. The SMILES string of the molecule is Cc1cc(C)n(Cc2ccc(CN)cc2C)c(=O)n1. The van der Waals surface area contributed by atoms with E-state index in [1.165, 1.54) is 0 Å². The van der Waals surface area contributed by atoms with Crippen molar-refractivity contribution in [3.05, 3.63) is 62.8 Å². The molecule has 4 nitrogen and oxygen atoms in total. The summed E-state index contributed by atoms with van der Waals surface area (Å²) < 4.78 is 1.69. The van der Waals surface area contributed by atoms with Crippen molar-refractivity contribution in [2.24, 2.45) is 5.73 Å². The van der Waals surface area contributed by atoms with Crippen LogP contribution in [0, 0.1) is 20.8 Å². The van der Waals surface area contributed by atoms with Gasteiger partial charge in [-0.1, -0.05) is 18.2 Å². The molecular weight excluding hydrogens is 238 g/mol. The molecule has 1 aromatic heterocycles. The van der Waals surface area contributed by atoms with Crippen molar-refractivity contribution in [2.45, 2.75) is 33.9 Å². The minimum Gasteiger partial charge on any atom is -0.326 e. The van der Waals surface area contributed by atoms with Gasteiger partial charge < -0.3 is 5.73 Å². The van der Waals surface area contributed by atoms with Crippen molar-refractivity contribution in [2.75, 3.05) is 0 Å². The summed E-state index contributed by atoms with van der Waals surface area (Å²) in [5.74, 6) is 0. The van der Waals surface area contributed by atoms with E-state index in [2.05, 4.69) is 11.1 Å². The molecule has 0 atom stereocenters. The molecule has 0 radical (unpaired) electrons. The fraction of sp³-hybridized carbons (Fsp3) is 0.333. The van der Waals surface area contributed by atoms with Crippen molar-refractivity contribution in [1.29, 1.82) is 0 Å². The lowest BCUT2D eigenvalue weighted by molar-refractivity contribution is 0.691. The Labute approximate surface area is 112 Å². The molecule has 0 fully saturated rings. The van der Waals surface area contributed by atoms with Gasteiger partial charge in [-0.05, 0) is 43.5 Å². The highest BCUT2D eigenvalue weighted by Gasteiger charge is 2.06. The van der Waals surface area contributed by atoms with Crippen LogP contribution in [0.1, 0.15) is 28.1 Å². The third-order valence-electron chi connectivity index (χ3n) is 3.32.